The van der Waals surface area contributed by atoms with Crippen molar-refractivity contribution in [1.29, 1.82) is 0 Å². The highest BCUT2D eigenvalue weighted by Gasteiger charge is 2.44. The molecule has 0 radical (unpaired) electrons. The molecule has 9 heteroatoms. The van der Waals surface area contributed by atoms with Crippen LogP contribution in [0.1, 0.15) is 284 Å². The third-order valence-corrected chi connectivity index (χ3v) is 14.0. The van der Waals surface area contributed by atoms with Gasteiger partial charge in [-0.2, -0.15) is 0 Å². The maximum atomic E-state index is 13.0. The van der Waals surface area contributed by atoms with Gasteiger partial charge >= 0.3 is 0 Å². The summed E-state index contributed by atoms with van der Waals surface area (Å²) in [4.78, 5) is 13.0. The Labute approximate surface area is 413 Å². The highest BCUT2D eigenvalue weighted by atomic mass is 16.7. The summed E-state index contributed by atoms with van der Waals surface area (Å²) in [5.74, 6) is -0.184. The molecule has 9 nitrogen and oxygen atoms in total. The number of rotatable bonds is 50. The number of allylic oxidation sites excluding steroid dienone is 3. The Morgan fingerprint density at radius 3 is 1.25 bits per heavy atom. The van der Waals surface area contributed by atoms with Gasteiger partial charge < -0.3 is 40.3 Å². The molecule has 0 aromatic heterocycles. The molecule has 1 aliphatic heterocycles. The van der Waals surface area contributed by atoms with Crippen LogP contribution in [0.5, 0.6) is 0 Å². The minimum atomic E-state index is -1.57. The SMILES string of the molecule is CCCCCCCCCCCCCCCCCCCCCCCCCCCC/C=C/CC/C=C/C(O)C(COC1OC(CO)C(O)C(O)C1O)NC(=O)CCCCCCCCCCCCCC. The fourth-order valence-electron chi connectivity index (χ4n) is 9.41. The second-order valence-electron chi connectivity index (χ2n) is 20.4. The first-order valence-corrected chi connectivity index (χ1v) is 29.1. The van der Waals surface area contributed by atoms with Crippen LogP contribution in [0.2, 0.25) is 0 Å². The molecule has 1 saturated heterocycles. The first kappa shape index (κ1) is 63.7. The van der Waals surface area contributed by atoms with E-state index in [2.05, 4.69) is 31.3 Å². The van der Waals surface area contributed by atoms with E-state index in [9.17, 15) is 30.3 Å². The van der Waals surface area contributed by atoms with Gasteiger partial charge in [-0.05, 0) is 32.1 Å². The third-order valence-electron chi connectivity index (χ3n) is 14.0. The van der Waals surface area contributed by atoms with Crippen LogP contribution in [0.15, 0.2) is 24.3 Å². The van der Waals surface area contributed by atoms with E-state index >= 15 is 0 Å². The van der Waals surface area contributed by atoms with Crippen LogP contribution in [0.4, 0.5) is 0 Å². The number of unbranched alkanes of at least 4 members (excludes halogenated alkanes) is 38. The molecule has 7 atom stereocenters. The molecule has 0 bridgehead atoms. The molecule has 1 rings (SSSR count). The van der Waals surface area contributed by atoms with Gasteiger partial charge in [0.05, 0.1) is 25.4 Å². The number of amides is 1. The molecular weight excluding hydrogens is 839 g/mol. The minimum Gasteiger partial charge on any atom is -0.394 e. The van der Waals surface area contributed by atoms with E-state index < -0.39 is 49.5 Å². The van der Waals surface area contributed by atoms with E-state index in [4.69, 9.17) is 9.47 Å². The van der Waals surface area contributed by atoms with Gasteiger partial charge in [0, 0.05) is 6.42 Å². The molecule has 0 aliphatic carbocycles. The van der Waals surface area contributed by atoms with Gasteiger partial charge in [-0.1, -0.05) is 269 Å². The predicted molar refractivity (Wildman–Crippen MR) is 281 cm³/mol. The zero-order valence-corrected chi connectivity index (χ0v) is 43.9. The fraction of sp³-hybridized carbons (Fsp3) is 0.914. The van der Waals surface area contributed by atoms with Crippen molar-refractivity contribution in [3.8, 4) is 0 Å². The van der Waals surface area contributed by atoms with Crippen LogP contribution < -0.4 is 5.32 Å². The molecule has 7 unspecified atom stereocenters. The predicted octanol–water partition coefficient (Wildman–Crippen LogP) is 14.2. The topological polar surface area (TPSA) is 149 Å². The monoisotopic (exact) mass is 950 g/mol. The average molecular weight is 951 g/mol. The van der Waals surface area contributed by atoms with E-state index in [-0.39, 0.29) is 12.5 Å². The van der Waals surface area contributed by atoms with E-state index in [1.807, 2.05) is 6.08 Å². The number of aliphatic hydroxyl groups excluding tert-OH is 5. The van der Waals surface area contributed by atoms with Gasteiger partial charge in [-0.15, -0.1) is 0 Å². The van der Waals surface area contributed by atoms with Gasteiger partial charge in [0.15, 0.2) is 6.29 Å². The second kappa shape index (κ2) is 48.3. The number of ether oxygens (including phenoxy) is 2. The van der Waals surface area contributed by atoms with Crippen molar-refractivity contribution in [1.82, 2.24) is 5.32 Å². The number of aliphatic hydroxyl groups is 5. The van der Waals surface area contributed by atoms with Crippen molar-refractivity contribution in [3.05, 3.63) is 24.3 Å². The van der Waals surface area contributed by atoms with E-state index in [0.29, 0.717) is 6.42 Å². The lowest BCUT2D eigenvalue weighted by Crippen LogP contribution is -2.60. The Morgan fingerprint density at radius 2 is 0.851 bits per heavy atom. The maximum absolute atomic E-state index is 13.0. The van der Waals surface area contributed by atoms with Gasteiger partial charge in [-0.3, -0.25) is 4.79 Å². The van der Waals surface area contributed by atoms with E-state index in [0.717, 1.165) is 38.5 Å². The summed E-state index contributed by atoms with van der Waals surface area (Å²) in [6.45, 7) is 3.78. The van der Waals surface area contributed by atoms with Crippen molar-refractivity contribution in [2.45, 2.75) is 326 Å². The summed E-state index contributed by atoms with van der Waals surface area (Å²) >= 11 is 0. The summed E-state index contributed by atoms with van der Waals surface area (Å²) in [7, 11) is 0. The Kier molecular flexibility index (Phi) is 45.9. The van der Waals surface area contributed by atoms with Crippen LogP contribution >= 0.6 is 0 Å². The van der Waals surface area contributed by atoms with Crippen LogP contribution in [0.25, 0.3) is 0 Å². The smallest absolute Gasteiger partial charge is 0.220 e. The summed E-state index contributed by atoms with van der Waals surface area (Å²) in [5.41, 5.74) is 0. The molecule has 396 valence electrons. The molecule has 0 spiro atoms. The molecular formula is C58H111NO8. The molecule has 67 heavy (non-hydrogen) atoms. The number of hydrogen-bond acceptors (Lipinski definition) is 8. The van der Waals surface area contributed by atoms with Crippen LogP contribution in [0.3, 0.4) is 0 Å². The normalized spacial score (nSPS) is 19.8. The van der Waals surface area contributed by atoms with Crippen molar-refractivity contribution < 1.29 is 39.8 Å². The number of nitrogens with one attached hydrogen (secondary N) is 1. The van der Waals surface area contributed by atoms with Crippen molar-refractivity contribution in [3.63, 3.8) is 0 Å². The molecule has 6 N–H and O–H groups in total. The first-order chi connectivity index (χ1) is 32.8. The fourth-order valence-corrected chi connectivity index (χ4v) is 9.41. The largest absolute Gasteiger partial charge is 0.394 e. The molecule has 1 fully saturated rings. The lowest BCUT2D eigenvalue weighted by molar-refractivity contribution is -0.302. The Hall–Kier alpha value is -1.33. The maximum Gasteiger partial charge on any atom is 0.220 e. The Morgan fingerprint density at radius 1 is 0.493 bits per heavy atom. The summed E-state index contributed by atoms with van der Waals surface area (Å²) < 4.78 is 11.2. The highest BCUT2D eigenvalue weighted by molar-refractivity contribution is 5.76. The third kappa shape index (κ3) is 38.1. The number of hydrogen-bond donors (Lipinski definition) is 6. The van der Waals surface area contributed by atoms with Crippen molar-refractivity contribution in [2.24, 2.45) is 0 Å². The second-order valence-corrected chi connectivity index (χ2v) is 20.4. The Bertz CT molecular complexity index is 1100. The van der Waals surface area contributed by atoms with Crippen molar-refractivity contribution >= 4 is 5.91 Å². The molecule has 0 aromatic carbocycles. The molecule has 1 amide bonds. The quantitative estimate of drug-likeness (QED) is 0.0261. The zero-order chi connectivity index (χ0) is 48.7. The summed E-state index contributed by atoms with van der Waals surface area (Å²) in [5, 5.41) is 54.3. The highest BCUT2D eigenvalue weighted by Crippen LogP contribution is 2.23. The summed E-state index contributed by atoms with van der Waals surface area (Å²) in [6.07, 6.45) is 54.2. The zero-order valence-electron chi connectivity index (χ0n) is 43.9. The molecule has 1 aliphatic rings. The lowest BCUT2D eigenvalue weighted by Gasteiger charge is -2.40. The van der Waals surface area contributed by atoms with Crippen LogP contribution in [0, 0.1) is 0 Å². The van der Waals surface area contributed by atoms with Crippen molar-refractivity contribution in [2.75, 3.05) is 13.2 Å². The van der Waals surface area contributed by atoms with Crippen LogP contribution in [-0.4, -0.2) is 87.5 Å². The number of carbonyl (C=O) groups excluding carboxylic acids is 1. The van der Waals surface area contributed by atoms with Gasteiger partial charge in [0.1, 0.15) is 24.4 Å². The molecule has 0 aromatic rings. The van der Waals surface area contributed by atoms with E-state index in [1.165, 1.54) is 225 Å². The molecule has 0 saturated carbocycles. The molecule has 1 heterocycles. The standard InChI is InChI=1S/C58H111NO8/c1-3-5-7-9-11-13-15-17-18-19-20-21-22-23-24-25-26-27-28-29-30-31-32-33-34-35-36-37-39-41-43-45-47-52(61)51(50-66-58-57(65)56(64)55(63)53(49-60)67-58)59-54(62)48-46-44-42-40-38-16-14-12-10-8-6-4-2/h37,39,45,47,51-53,55-58,60-61,63-65H,3-36,38,40-44,46,48-50H2,1-2H3,(H,59,62)/b39-37+,47-45+. The van der Waals surface area contributed by atoms with E-state index in [1.54, 1.807) is 6.08 Å². The lowest BCUT2D eigenvalue weighted by atomic mass is 9.99. The average Bonchev–Trinajstić information content (AvgIpc) is 3.33. The first-order valence-electron chi connectivity index (χ1n) is 29.1. The summed E-state index contributed by atoms with van der Waals surface area (Å²) in [6, 6.07) is -0.817. The number of carbonyl (C=O) groups is 1. The van der Waals surface area contributed by atoms with Gasteiger partial charge in [-0.25, -0.2) is 0 Å². The Balaban J connectivity index is 2.15. The van der Waals surface area contributed by atoms with Crippen LogP contribution in [-0.2, 0) is 14.3 Å². The minimum absolute atomic E-state index is 0.184. The van der Waals surface area contributed by atoms with Gasteiger partial charge in [0.2, 0.25) is 5.91 Å². The van der Waals surface area contributed by atoms with Gasteiger partial charge in [0.25, 0.3) is 0 Å².